The van der Waals surface area contributed by atoms with Crippen LogP contribution in [0.25, 0.3) is 0 Å². The Labute approximate surface area is 212 Å². The second-order valence-corrected chi connectivity index (χ2v) is 9.71. The van der Waals surface area contributed by atoms with Crippen LogP contribution in [0.4, 0.5) is 11.4 Å². The maximum absolute atomic E-state index is 13.5. The highest BCUT2D eigenvalue weighted by Gasteiger charge is 2.40. The van der Waals surface area contributed by atoms with Gasteiger partial charge < -0.3 is 5.32 Å². The predicted octanol–water partition coefficient (Wildman–Crippen LogP) is 6.37. The second kappa shape index (κ2) is 10.4. The molecule has 1 aliphatic rings. The molecule has 0 spiro atoms. The highest BCUT2D eigenvalue weighted by atomic mass is 35.5. The van der Waals surface area contributed by atoms with Gasteiger partial charge in [-0.3, -0.25) is 14.5 Å². The van der Waals surface area contributed by atoms with E-state index in [1.807, 2.05) is 43.3 Å². The first kappa shape index (κ1) is 23.9. The molecule has 4 rings (SSSR count). The molecule has 170 valence electrons. The molecule has 2 amide bonds. The number of hydrogen-bond acceptors (Lipinski definition) is 4. The van der Waals surface area contributed by atoms with E-state index in [-0.39, 0.29) is 27.2 Å². The van der Waals surface area contributed by atoms with Crippen LogP contribution in [-0.4, -0.2) is 17.1 Å². The van der Waals surface area contributed by atoms with E-state index in [0.717, 1.165) is 11.1 Å². The van der Waals surface area contributed by atoms with Gasteiger partial charge >= 0.3 is 0 Å². The number of thioether (sulfide) groups is 1. The lowest BCUT2D eigenvalue weighted by atomic mass is 10.1. The zero-order valence-electron chi connectivity index (χ0n) is 18.1. The van der Waals surface area contributed by atoms with Crippen molar-refractivity contribution in [3.63, 3.8) is 0 Å². The van der Waals surface area contributed by atoms with Crippen LogP contribution in [0.15, 0.2) is 83.4 Å². The molecule has 3 aromatic carbocycles. The summed E-state index contributed by atoms with van der Waals surface area (Å²) in [5.41, 5.74) is 2.80. The van der Waals surface area contributed by atoms with Gasteiger partial charge in [0.25, 0.3) is 5.91 Å². The van der Waals surface area contributed by atoms with Crippen LogP contribution in [0.3, 0.4) is 0 Å². The summed E-state index contributed by atoms with van der Waals surface area (Å²) in [6.45, 7) is 1.99. The zero-order chi connectivity index (χ0) is 24.2. The second-order valence-electron chi connectivity index (χ2n) is 7.68. The average Bonchev–Trinajstić information content (AvgIpc) is 3.12. The molecular formula is C26H19Cl2N3O2S. The lowest BCUT2D eigenvalue weighted by Crippen LogP contribution is -2.30. The van der Waals surface area contributed by atoms with Crippen LogP contribution in [0.1, 0.15) is 11.1 Å². The number of para-hydroxylation sites is 1. The summed E-state index contributed by atoms with van der Waals surface area (Å²) in [4.78, 5) is 28.1. The van der Waals surface area contributed by atoms with Crippen molar-refractivity contribution < 1.29 is 9.59 Å². The Bertz CT molecular complexity index is 1340. The number of aryl methyl sites for hydroxylation is 1. The number of anilines is 2. The highest BCUT2D eigenvalue weighted by molar-refractivity contribution is 8.05. The first-order valence-corrected chi connectivity index (χ1v) is 12.0. The third-order valence-corrected chi connectivity index (χ3v) is 7.03. The van der Waals surface area contributed by atoms with E-state index in [0.29, 0.717) is 17.1 Å². The smallest absolute Gasteiger partial charge is 0.269 e. The first-order chi connectivity index (χ1) is 16.4. The monoisotopic (exact) mass is 507 g/mol. The summed E-state index contributed by atoms with van der Waals surface area (Å²) >= 11 is 13.4. The van der Waals surface area contributed by atoms with Gasteiger partial charge in [-0.05, 0) is 49.2 Å². The average molecular weight is 508 g/mol. The number of rotatable bonds is 5. The number of nitrogens with zero attached hydrogens (tertiary/aromatic N) is 2. The molecule has 5 nitrogen and oxygen atoms in total. The standard InChI is InChI=1S/C26H19Cl2N3O2S/c1-16-6-5-7-17(12-16)13-23-25(33)31(19-8-3-2-4-9-19)26(34-23)20(15-29)24(32)30-22-14-18(27)10-11-21(22)28/h2-12,14,23H,13H2,1H3,(H,30,32). The molecule has 1 fully saturated rings. The van der Waals surface area contributed by atoms with Crippen molar-refractivity contribution in [1.29, 1.82) is 5.26 Å². The number of carbonyl (C=O) groups is 2. The van der Waals surface area contributed by atoms with Gasteiger partial charge in [0.15, 0.2) is 0 Å². The number of nitrogens with one attached hydrogen (secondary N) is 1. The summed E-state index contributed by atoms with van der Waals surface area (Å²) in [7, 11) is 0. The van der Waals surface area contributed by atoms with Gasteiger partial charge in [-0.25, -0.2) is 0 Å². The van der Waals surface area contributed by atoms with E-state index in [9.17, 15) is 14.9 Å². The zero-order valence-corrected chi connectivity index (χ0v) is 20.4. The van der Waals surface area contributed by atoms with Crippen molar-refractivity contribution in [1.82, 2.24) is 0 Å². The fourth-order valence-electron chi connectivity index (χ4n) is 3.63. The largest absolute Gasteiger partial charge is 0.320 e. The fourth-order valence-corrected chi connectivity index (χ4v) is 5.28. The summed E-state index contributed by atoms with van der Waals surface area (Å²) < 4.78 is 0. The molecule has 1 saturated heterocycles. The van der Waals surface area contributed by atoms with Crippen LogP contribution >= 0.6 is 35.0 Å². The molecule has 1 atom stereocenters. The number of nitriles is 1. The summed E-state index contributed by atoms with van der Waals surface area (Å²) in [5.74, 6) is -0.854. The number of benzene rings is 3. The van der Waals surface area contributed by atoms with Crippen molar-refractivity contribution in [2.24, 2.45) is 0 Å². The van der Waals surface area contributed by atoms with Crippen molar-refractivity contribution in [3.8, 4) is 6.07 Å². The van der Waals surface area contributed by atoms with Crippen molar-refractivity contribution in [2.75, 3.05) is 10.2 Å². The molecule has 1 unspecified atom stereocenters. The minimum Gasteiger partial charge on any atom is -0.320 e. The van der Waals surface area contributed by atoms with Crippen molar-refractivity contribution in [2.45, 2.75) is 18.6 Å². The molecule has 0 saturated carbocycles. The van der Waals surface area contributed by atoms with Crippen LogP contribution in [0.5, 0.6) is 0 Å². The lowest BCUT2D eigenvalue weighted by molar-refractivity contribution is -0.117. The van der Waals surface area contributed by atoms with Gasteiger partial charge in [-0.1, -0.05) is 83.0 Å². The van der Waals surface area contributed by atoms with E-state index >= 15 is 0 Å². The summed E-state index contributed by atoms with van der Waals surface area (Å²) in [6, 6.07) is 23.6. The predicted molar refractivity (Wildman–Crippen MR) is 138 cm³/mol. The minimum atomic E-state index is -0.667. The maximum Gasteiger partial charge on any atom is 0.269 e. The van der Waals surface area contributed by atoms with Gasteiger partial charge in [0.1, 0.15) is 16.7 Å². The molecule has 34 heavy (non-hydrogen) atoms. The number of carbonyl (C=O) groups excluding carboxylic acids is 2. The number of halogens is 2. The molecule has 0 aromatic heterocycles. The molecule has 8 heteroatoms. The maximum atomic E-state index is 13.5. The van der Waals surface area contributed by atoms with Crippen LogP contribution in [0.2, 0.25) is 10.0 Å². The quantitative estimate of drug-likeness (QED) is 0.321. The summed E-state index contributed by atoms with van der Waals surface area (Å²) in [6.07, 6.45) is 0.471. The van der Waals surface area contributed by atoms with Crippen LogP contribution in [0, 0.1) is 18.3 Å². The van der Waals surface area contributed by atoms with Gasteiger partial charge in [0.2, 0.25) is 5.91 Å². The first-order valence-electron chi connectivity index (χ1n) is 10.4. The Kier molecular flexibility index (Phi) is 7.28. The van der Waals surface area contributed by atoms with E-state index in [1.54, 1.807) is 36.4 Å². The normalized spacial score (nSPS) is 16.8. The molecule has 1 aliphatic heterocycles. The van der Waals surface area contributed by atoms with E-state index in [1.165, 1.54) is 22.7 Å². The van der Waals surface area contributed by atoms with Crippen LogP contribution in [-0.2, 0) is 16.0 Å². The molecule has 0 bridgehead atoms. The summed E-state index contributed by atoms with van der Waals surface area (Å²) in [5, 5.41) is 13.1. The molecule has 0 radical (unpaired) electrons. The third-order valence-electron chi connectivity index (χ3n) is 5.20. The van der Waals surface area contributed by atoms with Gasteiger partial charge in [-0.15, -0.1) is 0 Å². The SMILES string of the molecule is Cc1cccc(CC2SC(=C(C#N)C(=O)Nc3cc(Cl)ccc3Cl)N(c3ccccc3)C2=O)c1. The molecule has 1 heterocycles. The number of amides is 2. The highest BCUT2D eigenvalue weighted by Crippen LogP contribution is 2.42. The minimum absolute atomic E-state index is 0.176. The van der Waals surface area contributed by atoms with Crippen molar-refractivity contribution in [3.05, 3.63) is 105 Å². The Hall–Kier alpha value is -3.24. The molecule has 3 aromatic rings. The third kappa shape index (κ3) is 5.13. The lowest BCUT2D eigenvalue weighted by Gasteiger charge is -2.18. The Morgan fingerprint density at radius 3 is 2.56 bits per heavy atom. The Morgan fingerprint density at radius 2 is 1.85 bits per heavy atom. The van der Waals surface area contributed by atoms with Gasteiger partial charge in [0.05, 0.1) is 16.0 Å². The molecule has 1 N–H and O–H groups in total. The van der Waals surface area contributed by atoms with Crippen LogP contribution < -0.4 is 10.2 Å². The van der Waals surface area contributed by atoms with Gasteiger partial charge in [0, 0.05) is 10.7 Å². The van der Waals surface area contributed by atoms with E-state index in [4.69, 9.17) is 23.2 Å². The molecular weight excluding hydrogens is 489 g/mol. The van der Waals surface area contributed by atoms with Gasteiger partial charge in [-0.2, -0.15) is 5.26 Å². The number of hydrogen-bond donors (Lipinski definition) is 1. The topological polar surface area (TPSA) is 73.2 Å². The van der Waals surface area contributed by atoms with Crippen molar-refractivity contribution >= 4 is 58.2 Å². The fraction of sp³-hybridized carbons (Fsp3) is 0.115. The Balaban J connectivity index is 1.73. The molecule has 0 aliphatic carbocycles. The van der Waals surface area contributed by atoms with E-state index in [2.05, 4.69) is 5.32 Å². The van der Waals surface area contributed by atoms with E-state index < -0.39 is 11.2 Å². The Morgan fingerprint density at radius 1 is 1.09 bits per heavy atom.